The van der Waals surface area contributed by atoms with E-state index in [1.807, 2.05) is 13.0 Å². The first-order valence-corrected chi connectivity index (χ1v) is 9.10. The molecule has 0 radical (unpaired) electrons. The van der Waals surface area contributed by atoms with Gasteiger partial charge >= 0.3 is 0 Å². The first-order chi connectivity index (χ1) is 11.6. The summed E-state index contributed by atoms with van der Waals surface area (Å²) in [5.74, 6) is 2.37. The van der Waals surface area contributed by atoms with Crippen LogP contribution in [0.2, 0.25) is 0 Å². The first kappa shape index (κ1) is 19.2. The van der Waals surface area contributed by atoms with Crippen LogP contribution in [0, 0.1) is 6.92 Å². The van der Waals surface area contributed by atoms with Crippen molar-refractivity contribution in [2.45, 2.75) is 72.8 Å². The smallest absolute Gasteiger partial charge is 0.225 e. The van der Waals surface area contributed by atoms with Crippen LogP contribution >= 0.6 is 0 Å². The van der Waals surface area contributed by atoms with Crippen LogP contribution in [0.1, 0.15) is 77.1 Å². The van der Waals surface area contributed by atoms with E-state index in [-0.39, 0.29) is 5.54 Å². The molecule has 0 unspecified atom stereocenters. The van der Waals surface area contributed by atoms with Gasteiger partial charge in [0.2, 0.25) is 5.95 Å². The molecule has 25 heavy (non-hydrogen) atoms. The number of benzene rings is 1. The van der Waals surface area contributed by atoms with Gasteiger partial charge in [-0.3, -0.25) is 0 Å². The Balaban J connectivity index is 2.46. The third kappa shape index (κ3) is 5.18. The molecule has 1 aromatic heterocycles. The molecule has 0 fully saturated rings. The minimum Gasteiger partial charge on any atom is -0.350 e. The summed E-state index contributed by atoms with van der Waals surface area (Å²) in [6.45, 7) is 17.2. The van der Waals surface area contributed by atoms with Gasteiger partial charge in [-0.15, -0.1) is 0 Å². The Kier molecular flexibility index (Phi) is 5.71. The van der Waals surface area contributed by atoms with E-state index in [2.05, 4.69) is 87.3 Å². The highest BCUT2D eigenvalue weighted by atomic mass is 15.2. The Labute approximate surface area is 152 Å². The van der Waals surface area contributed by atoms with Crippen LogP contribution in [0.5, 0.6) is 0 Å². The summed E-state index contributed by atoms with van der Waals surface area (Å²) >= 11 is 0. The second-order valence-corrected chi connectivity index (χ2v) is 8.34. The number of rotatable bonds is 5. The van der Waals surface area contributed by atoms with Crippen LogP contribution in [-0.2, 0) is 0 Å². The van der Waals surface area contributed by atoms with Crippen LogP contribution in [0.15, 0.2) is 24.3 Å². The molecule has 0 spiro atoms. The minimum absolute atomic E-state index is 0.0794. The fraction of sp³-hybridized carbons (Fsp3) is 0.524. The number of nitrogens with zero attached hydrogens (tertiary/aromatic N) is 2. The zero-order chi connectivity index (χ0) is 18.8. The summed E-state index contributed by atoms with van der Waals surface area (Å²) in [6.07, 6.45) is 0. The topological polar surface area (TPSA) is 49.8 Å². The second kappa shape index (κ2) is 7.42. The molecular formula is C21H32N4. The maximum Gasteiger partial charge on any atom is 0.225 e. The molecule has 0 saturated heterocycles. The lowest BCUT2D eigenvalue weighted by atomic mass is 9.92. The van der Waals surface area contributed by atoms with Crippen molar-refractivity contribution < 1.29 is 0 Å². The number of nitrogens with one attached hydrogen (secondary N) is 2. The summed E-state index contributed by atoms with van der Waals surface area (Å²) in [6, 6.07) is 8.53. The molecule has 4 nitrogen and oxygen atoms in total. The fourth-order valence-electron chi connectivity index (χ4n) is 2.85. The quantitative estimate of drug-likeness (QED) is 0.702. The van der Waals surface area contributed by atoms with Gasteiger partial charge in [-0.05, 0) is 50.7 Å². The van der Waals surface area contributed by atoms with Gasteiger partial charge in [-0.1, -0.05) is 45.9 Å². The monoisotopic (exact) mass is 340 g/mol. The van der Waals surface area contributed by atoms with Gasteiger partial charge in [0.25, 0.3) is 0 Å². The van der Waals surface area contributed by atoms with Crippen molar-refractivity contribution in [3.8, 4) is 0 Å². The summed E-state index contributed by atoms with van der Waals surface area (Å²) in [4.78, 5) is 9.20. The summed E-state index contributed by atoms with van der Waals surface area (Å²) in [5, 5.41) is 6.94. The predicted octanol–water partition coefficient (Wildman–Crippen LogP) is 5.99. The Morgan fingerprint density at radius 2 is 1.48 bits per heavy atom. The average Bonchev–Trinajstić information content (AvgIpc) is 2.44. The van der Waals surface area contributed by atoms with Crippen LogP contribution in [0.25, 0.3) is 0 Å². The molecule has 2 rings (SSSR count). The number of aromatic nitrogens is 2. The third-order valence-corrected chi connectivity index (χ3v) is 3.97. The van der Waals surface area contributed by atoms with E-state index >= 15 is 0 Å². The molecule has 0 bridgehead atoms. The van der Waals surface area contributed by atoms with Gasteiger partial charge in [0.05, 0.1) is 0 Å². The number of aryl methyl sites for hydroxylation is 1. The molecule has 2 N–H and O–H groups in total. The average molecular weight is 341 g/mol. The largest absolute Gasteiger partial charge is 0.350 e. The molecule has 4 heteroatoms. The minimum atomic E-state index is -0.0794. The molecule has 0 aliphatic rings. The predicted molar refractivity (Wildman–Crippen MR) is 108 cm³/mol. The van der Waals surface area contributed by atoms with Gasteiger partial charge in [0.15, 0.2) is 0 Å². The number of hydrogen-bond acceptors (Lipinski definition) is 4. The van der Waals surface area contributed by atoms with E-state index in [1.54, 1.807) is 0 Å². The molecule has 0 atom stereocenters. The van der Waals surface area contributed by atoms with Crippen molar-refractivity contribution in [3.63, 3.8) is 0 Å². The lowest BCUT2D eigenvalue weighted by molar-refractivity contribution is 0.625. The van der Waals surface area contributed by atoms with Gasteiger partial charge in [0.1, 0.15) is 5.82 Å². The Hall–Kier alpha value is -2.10. The molecule has 2 aromatic rings. The van der Waals surface area contributed by atoms with E-state index < -0.39 is 0 Å². The summed E-state index contributed by atoms with van der Waals surface area (Å²) < 4.78 is 0. The SMILES string of the molecule is Cc1cc(Nc2c(C(C)C)cccc2C(C)C)nc(NC(C)(C)C)n1. The van der Waals surface area contributed by atoms with Crippen molar-refractivity contribution in [3.05, 3.63) is 41.1 Å². The third-order valence-electron chi connectivity index (χ3n) is 3.97. The first-order valence-electron chi connectivity index (χ1n) is 9.10. The molecule has 136 valence electrons. The van der Waals surface area contributed by atoms with E-state index in [1.165, 1.54) is 16.8 Å². The van der Waals surface area contributed by atoms with E-state index in [4.69, 9.17) is 0 Å². The molecule has 0 aliphatic carbocycles. The van der Waals surface area contributed by atoms with Crippen molar-refractivity contribution in [2.75, 3.05) is 10.6 Å². The van der Waals surface area contributed by atoms with E-state index in [0.717, 1.165) is 11.5 Å². The highest BCUT2D eigenvalue weighted by Crippen LogP contribution is 2.34. The van der Waals surface area contributed by atoms with Crippen molar-refractivity contribution in [1.82, 2.24) is 9.97 Å². The number of para-hydroxylation sites is 1. The number of hydrogen-bond donors (Lipinski definition) is 2. The van der Waals surface area contributed by atoms with Gasteiger partial charge < -0.3 is 10.6 Å². The van der Waals surface area contributed by atoms with Crippen molar-refractivity contribution >= 4 is 17.5 Å². The summed E-state index contributed by atoms with van der Waals surface area (Å²) in [5.41, 5.74) is 4.66. The zero-order valence-corrected chi connectivity index (χ0v) is 16.9. The molecule has 0 saturated carbocycles. The Morgan fingerprint density at radius 1 is 0.920 bits per heavy atom. The van der Waals surface area contributed by atoms with E-state index in [0.29, 0.717) is 17.8 Å². The second-order valence-electron chi connectivity index (χ2n) is 8.34. The van der Waals surface area contributed by atoms with Gasteiger partial charge in [0, 0.05) is 23.0 Å². The lowest BCUT2D eigenvalue weighted by Gasteiger charge is -2.23. The molecular weight excluding hydrogens is 308 g/mol. The molecule has 0 amide bonds. The number of anilines is 3. The zero-order valence-electron chi connectivity index (χ0n) is 16.9. The fourth-order valence-corrected chi connectivity index (χ4v) is 2.85. The van der Waals surface area contributed by atoms with Crippen LogP contribution < -0.4 is 10.6 Å². The van der Waals surface area contributed by atoms with Crippen LogP contribution in [0.4, 0.5) is 17.5 Å². The normalized spacial score (nSPS) is 11.9. The molecule has 0 aliphatic heterocycles. The van der Waals surface area contributed by atoms with Crippen LogP contribution in [0.3, 0.4) is 0 Å². The Morgan fingerprint density at radius 3 is 1.96 bits per heavy atom. The van der Waals surface area contributed by atoms with Gasteiger partial charge in [-0.2, -0.15) is 4.98 Å². The van der Waals surface area contributed by atoms with Crippen molar-refractivity contribution in [2.24, 2.45) is 0 Å². The molecule has 1 heterocycles. The molecule has 1 aromatic carbocycles. The van der Waals surface area contributed by atoms with Crippen LogP contribution in [-0.4, -0.2) is 15.5 Å². The lowest BCUT2D eigenvalue weighted by Crippen LogP contribution is -2.27. The van der Waals surface area contributed by atoms with Crippen molar-refractivity contribution in [1.29, 1.82) is 0 Å². The standard InChI is InChI=1S/C21H32N4/c1-13(2)16-10-9-11-17(14(3)4)19(16)23-18-12-15(5)22-20(24-18)25-21(6,7)8/h9-14H,1-8H3,(H2,22,23,24,25). The Bertz CT molecular complexity index is 701. The highest BCUT2D eigenvalue weighted by Gasteiger charge is 2.16. The maximum atomic E-state index is 4.68. The maximum absolute atomic E-state index is 4.68. The van der Waals surface area contributed by atoms with Gasteiger partial charge in [-0.25, -0.2) is 4.98 Å². The highest BCUT2D eigenvalue weighted by molar-refractivity contribution is 5.67. The summed E-state index contributed by atoms with van der Waals surface area (Å²) in [7, 11) is 0. The van der Waals surface area contributed by atoms with E-state index in [9.17, 15) is 0 Å².